The number of nitrogens with zero attached hydrogens (tertiary/aromatic N) is 2. The Morgan fingerprint density at radius 1 is 1.33 bits per heavy atom. The van der Waals surface area contributed by atoms with E-state index >= 15 is 0 Å². The third-order valence-corrected chi connectivity index (χ3v) is 2.37. The van der Waals surface area contributed by atoms with Gasteiger partial charge in [-0.15, -0.1) is 12.4 Å². The summed E-state index contributed by atoms with van der Waals surface area (Å²) < 4.78 is 35.9. The molecule has 0 spiro atoms. The summed E-state index contributed by atoms with van der Waals surface area (Å²) in [6.45, 7) is -0.429. The molecule has 0 saturated carbocycles. The number of halogens is 4. The maximum Gasteiger partial charge on any atom is 0.401 e. The van der Waals surface area contributed by atoms with Crippen molar-refractivity contribution >= 4 is 12.4 Å². The van der Waals surface area contributed by atoms with Crippen molar-refractivity contribution in [3.63, 3.8) is 0 Å². The van der Waals surface area contributed by atoms with Crippen molar-refractivity contribution in [2.75, 3.05) is 19.6 Å². The van der Waals surface area contributed by atoms with Crippen LogP contribution in [0.1, 0.15) is 12.8 Å². The molecule has 0 aromatic heterocycles. The van der Waals surface area contributed by atoms with E-state index in [4.69, 9.17) is 11.0 Å². The van der Waals surface area contributed by atoms with E-state index in [1.807, 2.05) is 6.07 Å². The minimum atomic E-state index is -4.17. The molecule has 0 atom stereocenters. The molecule has 7 heteroatoms. The number of nitrogens with two attached hydrogens (primary N) is 1. The fraction of sp³-hybridized carbons (Fsp3) is 0.875. The molecule has 1 saturated heterocycles. The number of nitriles is 1. The molecular formula is C8H13ClF3N3. The van der Waals surface area contributed by atoms with E-state index in [2.05, 4.69) is 0 Å². The largest absolute Gasteiger partial charge is 0.401 e. The Hall–Kier alpha value is -0.510. The molecule has 0 amide bonds. The topological polar surface area (TPSA) is 53.1 Å². The Kier molecular flexibility index (Phi) is 4.84. The van der Waals surface area contributed by atoms with Gasteiger partial charge in [0.2, 0.25) is 0 Å². The molecule has 0 radical (unpaired) electrons. The quantitative estimate of drug-likeness (QED) is 0.755. The highest BCUT2D eigenvalue weighted by atomic mass is 35.5. The summed E-state index contributed by atoms with van der Waals surface area (Å²) in [6, 6.07) is 1.93. The third kappa shape index (κ3) is 4.69. The van der Waals surface area contributed by atoms with Gasteiger partial charge >= 0.3 is 6.18 Å². The van der Waals surface area contributed by atoms with Gasteiger partial charge in [0.25, 0.3) is 0 Å². The van der Waals surface area contributed by atoms with Gasteiger partial charge in [-0.3, -0.25) is 4.90 Å². The lowest BCUT2D eigenvalue weighted by molar-refractivity contribution is -0.148. The van der Waals surface area contributed by atoms with Crippen molar-refractivity contribution in [3.05, 3.63) is 0 Å². The van der Waals surface area contributed by atoms with Crippen molar-refractivity contribution < 1.29 is 13.2 Å². The lowest BCUT2D eigenvalue weighted by atomic mass is 9.90. The van der Waals surface area contributed by atoms with Crippen LogP contribution in [0, 0.1) is 11.3 Å². The summed E-state index contributed by atoms with van der Waals surface area (Å²) in [5.74, 6) is 0. The van der Waals surface area contributed by atoms with E-state index in [1.54, 1.807) is 0 Å². The van der Waals surface area contributed by atoms with Crippen molar-refractivity contribution in [3.8, 4) is 6.07 Å². The first-order chi connectivity index (χ1) is 6.35. The molecule has 2 N–H and O–H groups in total. The van der Waals surface area contributed by atoms with Gasteiger partial charge in [-0.25, -0.2) is 0 Å². The third-order valence-electron chi connectivity index (χ3n) is 2.37. The van der Waals surface area contributed by atoms with Crippen LogP contribution in [0.15, 0.2) is 0 Å². The number of piperidine rings is 1. The van der Waals surface area contributed by atoms with Gasteiger partial charge < -0.3 is 5.73 Å². The van der Waals surface area contributed by atoms with E-state index in [9.17, 15) is 13.2 Å². The van der Waals surface area contributed by atoms with Gasteiger partial charge in [0.15, 0.2) is 0 Å². The van der Waals surface area contributed by atoms with E-state index in [1.165, 1.54) is 4.90 Å². The van der Waals surface area contributed by atoms with Crippen molar-refractivity contribution in [2.45, 2.75) is 24.6 Å². The van der Waals surface area contributed by atoms with Crippen LogP contribution in [0.3, 0.4) is 0 Å². The minimum Gasteiger partial charge on any atom is -0.313 e. The van der Waals surface area contributed by atoms with E-state index in [-0.39, 0.29) is 25.5 Å². The van der Waals surface area contributed by atoms with E-state index in [0.717, 1.165) is 0 Å². The van der Waals surface area contributed by atoms with Crippen molar-refractivity contribution in [1.29, 1.82) is 5.26 Å². The van der Waals surface area contributed by atoms with Crippen LogP contribution in [-0.2, 0) is 0 Å². The standard InChI is InChI=1S/C8H12F3N3.ClH/c9-8(10,11)6-14-3-1-7(13,5-12)2-4-14;/h1-4,6,13H2;1H. The number of hydrogen-bond acceptors (Lipinski definition) is 3. The average molecular weight is 244 g/mol. The SMILES string of the molecule is Cl.N#CC1(N)CCN(CC(F)(F)F)CC1. The molecule has 0 aromatic rings. The highest BCUT2D eigenvalue weighted by Gasteiger charge is 2.36. The normalized spacial score (nSPS) is 21.5. The molecule has 1 aliphatic heterocycles. The van der Waals surface area contributed by atoms with E-state index in [0.29, 0.717) is 12.8 Å². The van der Waals surface area contributed by atoms with Gasteiger partial charge in [0.1, 0.15) is 5.54 Å². The molecule has 88 valence electrons. The molecule has 0 aliphatic carbocycles. The molecule has 1 aliphatic rings. The molecule has 1 fully saturated rings. The average Bonchev–Trinajstić information content (AvgIpc) is 2.07. The lowest BCUT2D eigenvalue weighted by Gasteiger charge is -2.34. The van der Waals surface area contributed by atoms with Gasteiger partial charge in [-0.2, -0.15) is 18.4 Å². The molecular weight excluding hydrogens is 231 g/mol. The zero-order valence-corrected chi connectivity index (χ0v) is 8.87. The fourth-order valence-corrected chi connectivity index (χ4v) is 1.48. The summed E-state index contributed by atoms with van der Waals surface area (Å²) in [5.41, 5.74) is 4.69. The van der Waals surface area contributed by atoms with Gasteiger partial charge in [0, 0.05) is 13.1 Å². The number of hydrogen-bond donors (Lipinski definition) is 1. The Labute approximate surface area is 92.4 Å². The van der Waals surface area contributed by atoms with Crippen LogP contribution in [0.25, 0.3) is 0 Å². The molecule has 3 nitrogen and oxygen atoms in total. The second-order valence-electron chi connectivity index (χ2n) is 3.66. The maximum absolute atomic E-state index is 12.0. The van der Waals surface area contributed by atoms with Crippen molar-refractivity contribution in [1.82, 2.24) is 4.90 Å². The Balaban J connectivity index is 0.00000196. The fourth-order valence-electron chi connectivity index (χ4n) is 1.48. The van der Waals surface area contributed by atoms with Crippen LogP contribution in [0.2, 0.25) is 0 Å². The first kappa shape index (κ1) is 14.5. The molecule has 0 bridgehead atoms. The lowest BCUT2D eigenvalue weighted by Crippen LogP contribution is -2.51. The summed E-state index contributed by atoms with van der Waals surface area (Å²) in [4.78, 5) is 1.28. The highest BCUT2D eigenvalue weighted by Crippen LogP contribution is 2.23. The zero-order chi connectivity index (χ0) is 10.8. The maximum atomic E-state index is 12.0. The van der Waals surface area contributed by atoms with Crippen LogP contribution in [0.4, 0.5) is 13.2 Å². The first-order valence-corrected chi connectivity index (χ1v) is 4.34. The number of likely N-dealkylation sites (tertiary alicyclic amines) is 1. The zero-order valence-electron chi connectivity index (χ0n) is 8.05. The van der Waals surface area contributed by atoms with Crippen LogP contribution >= 0.6 is 12.4 Å². The van der Waals surface area contributed by atoms with Crippen LogP contribution in [-0.4, -0.2) is 36.2 Å². The Bertz CT molecular complexity index is 240. The molecule has 15 heavy (non-hydrogen) atoms. The summed E-state index contributed by atoms with van der Waals surface area (Å²) in [6.07, 6.45) is -3.56. The molecule has 1 rings (SSSR count). The molecule has 0 unspecified atom stereocenters. The van der Waals surface area contributed by atoms with Crippen LogP contribution in [0.5, 0.6) is 0 Å². The predicted molar refractivity (Wildman–Crippen MR) is 51.5 cm³/mol. The second kappa shape index (κ2) is 5.01. The summed E-state index contributed by atoms with van der Waals surface area (Å²) in [7, 11) is 0. The Morgan fingerprint density at radius 2 is 1.80 bits per heavy atom. The smallest absolute Gasteiger partial charge is 0.313 e. The molecule has 0 aromatic carbocycles. The van der Waals surface area contributed by atoms with Gasteiger partial charge in [-0.1, -0.05) is 0 Å². The summed E-state index contributed by atoms with van der Waals surface area (Å²) in [5, 5.41) is 8.65. The Morgan fingerprint density at radius 3 is 2.13 bits per heavy atom. The van der Waals surface area contributed by atoms with Gasteiger partial charge in [0.05, 0.1) is 12.6 Å². The first-order valence-electron chi connectivity index (χ1n) is 4.34. The van der Waals surface area contributed by atoms with Crippen molar-refractivity contribution in [2.24, 2.45) is 5.73 Å². The predicted octanol–water partition coefficient (Wildman–Crippen LogP) is 1.29. The highest BCUT2D eigenvalue weighted by molar-refractivity contribution is 5.85. The monoisotopic (exact) mass is 243 g/mol. The molecule has 1 heterocycles. The van der Waals surface area contributed by atoms with E-state index < -0.39 is 18.3 Å². The van der Waals surface area contributed by atoms with Crippen LogP contribution < -0.4 is 5.73 Å². The van der Waals surface area contributed by atoms with Gasteiger partial charge in [-0.05, 0) is 12.8 Å². The minimum absolute atomic E-state index is 0. The summed E-state index contributed by atoms with van der Waals surface area (Å²) >= 11 is 0. The second-order valence-corrected chi connectivity index (χ2v) is 3.66. The number of alkyl halides is 3. The number of rotatable bonds is 1.